The van der Waals surface area contributed by atoms with Crippen LogP contribution in [-0.2, 0) is 23.7 Å². The van der Waals surface area contributed by atoms with Crippen molar-refractivity contribution in [1.82, 2.24) is 0 Å². The highest BCUT2D eigenvalue weighted by atomic mass is 16.6. The summed E-state index contributed by atoms with van der Waals surface area (Å²) in [6.07, 6.45) is 4.43. The topological polar surface area (TPSA) is 123 Å². The molecular formula is C17H31N3O6. The number of azide groups is 1. The van der Waals surface area contributed by atoms with Gasteiger partial charge in [0.15, 0.2) is 0 Å². The molecule has 1 atom stereocenters. The van der Waals surface area contributed by atoms with Crippen LogP contribution in [0.4, 0.5) is 0 Å². The van der Waals surface area contributed by atoms with Crippen LogP contribution in [0.25, 0.3) is 10.4 Å². The summed E-state index contributed by atoms with van der Waals surface area (Å²) in [6.45, 7) is 6.69. The SMILES string of the molecule is C=CCC(CCCCO)C(=O)OCCOCCOCCOCCN=[N+]=[N-]. The fraction of sp³-hybridized carbons (Fsp3) is 0.824. The Bertz CT molecular complexity index is 402. The van der Waals surface area contributed by atoms with Gasteiger partial charge in [0.2, 0.25) is 0 Å². The van der Waals surface area contributed by atoms with Crippen LogP contribution in [0.2, 0.25) is 0 Å². The van der Waals surface area contributed by atoms with Gasteiger partial charge in [-0.1, -0.05) is 17.6 Å². The molecule has 0 aliphatic heterocycles. The molecule has 0 saturated heterocycles. The van der Waals surface area contributed by atoms with E-state index < -0.39 is 0 Å². The van der Waals surface area contributed by atoms with Crippen molar-refractivity contribution in [2.24, 2.45) is 11.0 Å². The van der Waals surface area contributed by atoms with E-state index in [-0.39, 0.29) is 25.1 Å². The zero-order valence-electron chi connectivity index (χ0n) is 15.4. The summed E-state index contributed by atoms with van der Waals surface area (Å²) < 4.78 is 21.0. The molecule has 0 fully saturated rings. The lowest BCUT2D eigenvalue weighted by Gasteiger charge is -2.14. The zero-order chi connectivity index (χ0) is 19.3. The smallest absolute Gasteiger partial charge is 0.309 e. The highest BCUT2D eigenvalue weighted by Gasteiger charge is 2.17. The van der Waals surface area contributed by atoms with Crippen LogP contribution >= 0.6 is 0 Å². The molecule has 0 saturated carbocycles. The first-order valence-corrected chi connectivity index (χ1v) is 8.88. The Hall–Kier alpha value is -1.64. The van der Waals surface area contributed by atoms with Crippen molar-refractivity contribution in [2.45, 2.75) is 25.7 Å². The van der Waals surface area contributed by atoms with E-state index in [0.717, 1.165) is 6.42 Å². The molecule has 0 aromatic carbocycles. The number of unbranched alkanes of at least 4 members (excludes halogenated alkanes) is 1. The Morgan fingerprint density at radius 2 is 1.69 bits per heavy atom. The van der Waals surface area contributed by atoms with Crippen LogP contribution in [0.5, 0.6) is 0 Å². The van der Waals surface area contributed by atoms with E-state index in [1.807, 2.05) is 0 Å². The molecule has 0 aliphatic carbocycles. The Labute approximate surface area is 154 Å². The Balaban J connectivity index is 3.50. The molecule has 0 heterocycles. The van der Waals surface area contributed by atoms with Gasteiger partial charge in [-0.3, -0.25) is 4.79 Å². The molecule has 0 aromatic heterocycles. The van der Waals surface area contributed by atoms with Crippen LogP contribution in [0, 0.1) is 5.92 Å². The fourth-order valence-corrected chi connectivity index (χ4v) is 2.05. The van der Waals surface area contributed by atoms with E-state index in [1.165, 1.54) is 0 Å². The number of rotatable bonds is 19. The highest BCUT2D eigenvalue weighted by molar-refractivity contribution is 5.72. The van der Waals surface area contributed by atoms with Crippen molar-refractivity contribution in [2.75, 3.05) is 59.4 Å². The third-order valence-electron chi connectivity index (χ3n) is 3.36. The van der Waals surface area contributed by atoms with Crippen molar-refractivity contribution >= 4 is 5.97 Å². The van der Waals surface area contributed by atoms with E-state index in [4.69, 9.17) is 29.6 Å². The molecule has 0 amide bonds. The number of ether oxygens (including phenoxy) is 4. The molecule has 9 heteroatoms. The third-order valence-corrected chi connectivity index (χ3v) is 3.36. The van der Waals surface area contributed by atoms with Crippen LogP contribution < -0.4 is 0 Å². The van der Waals surface area contributed by atoms with Gasteiger partial charge in [0, 0.05) is 18.1 Å². The average Bonchev–Trinajstić information content (AvgIpc) is 2.64. The number of allylic oxidation sites excluding steroid dienone is 1. The number of aliphatic hydroxyl groups excluding tert-OH is 1. The second-order valence-corrected chi connectivity index (χ2v) is 5.40. The average molecular weight is 373 g/mol. The van der Waals surface area contributed by atoms with Gasteiger partial charge >= 0.3 is 5.97 Å². The maximum absolute atomic E-state index is 12.0. The molecule has 0 aromatic rings. The first-order valence-electron chi connectivity index (χ1n) is 8.88. The van der Waals surface area contributed by atoms with Gasteiger partial charge in [-0.05, 0) is 24.8 Å². The number of carbonyl (C=O) groups is 1. The van der Waals surface area contributed by atoms with Gasteiger partial charge in [-0.25, -0.2) is 0 Å². The minimum atomic E-state index is -0.249. The van der Waals surface area contributed by atoms with Crippen LogP contribution in [0.15, 0.2) is 17.8 Å². The highest BCUT2D eigenvalue weighted by Crippen LogP contribution is 2.15. The van der Waals surface area contributed by atoms with E-state index >= 15 is 0 Å². The molecule has 26 heavy (non-hydrogen) atoms. The quantitative estimate of drug-likeness (QED) is 0.0925. The fourth-order valence-electron chi connectivity index (χ4n) is 2.05. The summed E-state index contributed by atoms with van der Waals surface area (Å²) in [4.78, 5) is 14.6. The van der Waals surface area contributed by atoms with Gasteiger partial charge in [0.25, 0.3) is 0 Å². The molecule has 1 N–H and O–H groups in total. The number of carbonyl (C=O) groups excluding carboxylic acids is 1. The molecule has 9 nitrogen and oxygen atoms in total. The predicted octanol–water partition coefficient (Wildman–Crippen LogP) is 2.24. The largest absolute Gasteiger partial charge is 0.463 e. The normalized spacial score (nSPS) is 11.6. The van der Waals surface area contributed by atoms with E-state index in [0.29, 0.717) is 65.4 Å². The van der Waals surface area contributed by atoms with E-state index in [9.17, 15) is 4.79 Å². The van der Waals surface area contributed by atoms with Crippen LogP contribution in [0.3, 0.4) is 0 Å². The predicted molar refractivity (Wildman–Crippen MR) is 96.7 cm³/mol. The van der Waals surface area contributed by atoms with Crippen LogP contribution in [-0.4, -0.2) is 70.5 Å². The molecule has 0 radical (unpaired) electrons. The summed E-state index contributed by atoms with van der Waals surface area (Å²) in [5.74, 6) is -0.457. The third kappa shape index (κ3) is 15.9. The van der Waals surface area contributed by atoms with Gasteiger partial charge in [0.1, 0.15) is 6.61 Å². The Morgan fingerprint density at radius 1 is 1.08 bits per heavy atom. The molecule has 0 rings (SSSR count). The van der Waals surface area contributed by atoms with Crippen molar-refractivity contribution in [1.29, 1.82) is 0 Å². The van der Waals surface area contributed by atoms with Gasteiger partial charge in [-0.2, -0.15) is 0 Å². The zero-order valence-corrected chi connectivity index (χ0v) is 15.4. The van der Waals surface area contributed by atoms with Gasteiger partial charge in [0.05, 0.1) is 45.6 Å². The molecular weight excluding hydrogens is 342 g/mol. The molecule has 0 bridgehead atoms. The Kier molecular flexibility index (Phi) is 18.4. The van der Waals surface area contributed by atoms with Crippen molar-refractivity contribution in [3.05, 3.63) is 23.1 Å². The maximum atomic E-state index is 12.0. The maximum Gasteiger partial charge on any atom is 0.309 e. The summed E-state index contributed by atoms with van der Waals surface area (Å²) in [7, 11) is 0. The summed E-state index contributed by atoms with van der Waals surface area (Å²) in [5.41, 5.74) is 8.08. The standard InChI is InChI=1S/C17H31N3O6/c1-2-5-16(6-3-4-8-21)17(22)26-15-14-25-13-12-24-11-10-23-9-7-19-20-18/h2,16,21H,1,3-15H2. The lowest BCUT2D eigenvalue weighted by atomic mass is 9.98. The second kappa shape index (κ2) is 19.7. The second-order valence-electron chi connectivity index (χ2n) is 5.40. The molecule has 150 valence electrons. The van der Waals surface area contributed by atoms with E-state index in [1.54, 1.807) is 6.08 Å². The number of hydrogen-bond donors (Lipinski definition) is 1. The number of aliphatic hydroxyl groups is 1. The van der Waals surface area contributed by atoms with Crippen molar-refractivity contribution in [3.8, 4) is 0 Å². The Morgan fingerprint density at radius 3 is 2.27 bits per heavy atom. The summed E-state index contributed by atoms with van der Waals surface area (Å²) in [5, 5.41) is 12.1. The lowest BCUT2D eigenvalue weighted by molar-refractivity contribution is -0.150. The van der Waals surface area contributed by atoms with Crippen molar-refractivity contribution in [3.63, 3.8) is 0 Å². The van der Waals surface area contributed by atoms with Gasteiger partial charge in [-0.15, -0.1) is 6.58 Å². The van der Waals surface area contributed by atoms with Gasteiger partial charge < -0.3 is 24.1 Å². The summed E-state index contributed by atoms with van der Waals surface area (Å²) in [6, 6.07) is 0. The number of esters is 1. The number of nitrogens with zero attached hydrogens (tertiary/aromatic N) is 3. The minimum Gasteiger partial charge on any atom is -0.463 e. The monoisotopic (exact) mass is 373 g/mol. The molecule has 0 spiro atoms. The first kappa shape index (κ1) is 24.4. The van der Waals surface area contributed by atoms with Crippen LogP contribution in [0.1, 0.15) is 25.7 Å². The molecule has 1 unspecified atom stereocenters. The first-order chi connectivity index (χ1) is 12.8. The lowest BCUT2D eigenvalue weighted by Crippen LogP contribution is -2.20. The van der Waals surface area contributed by atoms with Crippen molar-refractivity contribution < 1.29 is 28.8 Å². The van der Waals surface area contributed by atoms with E-state index in [2.05, 4.69) is 16.6 Å². The molecule has 0 aliphatic rings. The number of hydrogen-bond acceptors (Lipinski definition) is 7. The minimum absolute atomic E-state index is 0.133. The summed E-state index contributed by atoms with van der Waals surface area (Å²) >= 11 is 0.